The summed E-state index contributed by atoms with van der Waals surface area (Å²) in [4.78, 5) is 26.5. The Balaban J connectivity index is 1.13. The van der Waals surface area contributed by atoms with Crippen LogP contribution in [0, 0.1) is 25.2 Å². The lowest BCUT2D eigenvalue weighted by molar-refractivity contribution is -0.145. The number of amides is 2. The van der Waals surface area contributed by atoms with Crippen molar-refractivity contribution in [1.82, 2.24) is 10.2 Å². The van der Waals surface area contributed by atoms with Crippen LogP contribution in [-0.2, 0) is 9.59 Å². The largest absolute Gasteiger partial charge is 0.351 e. The number of aryl methyl sites for hydroxylation is 2. The standard InChI is InChI=1S/C24H32N2O2/c1-16-3-4-17(2)20(11-16)18-12-23(13-18)7-9-26(10-8-23)22(28)19-14-24(15-19)6-5-21(27)25-24/h3-4,11,18-19H,5-10,12-15H2,1-2H3,(H,25,27). The number of piperidine rings is 1. The van der Waals surface area contributed by atoms with E-state index in [2.05, 4.69) is 42.3 Å². The molecule has 4 aliphatic rings. The van der Waals surface area contributed by atoms with E-state index in [1.54, 1.807) is 5.56 Å². The summed E-state index contributed by atoms with van der Waals surface area (Å²) in [7, 11) is 0. The van der Waals surface area contributed by atoms with Gasteiger partial charge < -0.3 is 10.2 Å². The molecule has 4 nitrogen and oxygen atoms in total. The third kappa shape index (κ3) is 2.96. The van der Waals surface area contributed by atoms with Crippen LogP contribution < -0.4 is 5.32 Å². The predicted molar refractivity (Wildman–Crippen MR) is 109 cm³/mol. The summed E-state index contributed by atoms with van der Waals surface area (Å²) in [6.07, 6.45) is 8.16. The summed E-state index contributed by atoms with van der Waals surface area (Å²) in [5, 5.41) is 3.11. The first kappa shape index (κ1) is 18.2. The molecule has 0 radical (unpaired) electrons. The number of carbonyl (C=O) groups excluding carboxylic acids is 2. The Morgan fingerprint density at radius 3 is 2.43 bits per heavy atom. The van der Waals surface area contributed by atoms with Crippen molar-refractivity contribution >= 4 is 11.8 Å². The van der Waals surface area contributed by atoms with E-state index < -0.39 is 0 Å². The van der Waals surface area contributed by atoms with Crippen LogP contribution >= 0.6 is 0 Å². The van der Waals surface area contributed by atoms with E-state index >= 15 is 0 Å². The third-order valence-electron chi connectivity index (χ3n) is 8.23. The fourth-order valence-electron chi connectivity index (χ4n) is 6.41. The molecule has 2 spiro atoms. The molecule has 1 N–H and O–H groups in total. The summed E-state index contributed by atoms with van der Waals surface area (Å²) >= 11 is 0. The van der Waals surface area contributed by atoms with Gasteiger partial charge in [0.05, 0.1) is 0 Å². The van der Waals surface area contributed by atoms with Crippen molar-refractivity contribution in [1.29, 1.82) is 0 Å². The maximum absolute atomic E-state index is 12.9. The molecule has 2 aliphatic heterocycles. The molecule has 2 heterocycles. The van der Waals surface area contributed by atoms with Gasteiger partial charge in [-0.2, -0.15) is 0 Å². The molecule has 2 saturated heterocycles. The molecule has 0 unspecified atom stereocenters. The van der Waals surface area contributed by atoms with Crippen LogP contribution in [0.2, 0.25) is 0 Å². The van der Waals surface area contributed by atoms with E-state index in [0.29, 0.717) is 23.7 Å². The minimum atomic E-state index is -0.0404. The molecule has 0 bridgehead atoms. The van der Waals surface area contributed by atoms with Crippen LogP contribution in [0.5, 0.6) is 0 Å². The molecule has 2 saturated carbocycles. The Morgan fingerprint density at radius 2 is 1.79 bits per heavy atom. The smallest absolute Gasteiger partial charge is 0.225 e. The average molecular weight is 381 g/mol. The zero-order valence-corrected chi connectivity index (χ0v) is 17.2. The molecule has 0 aromatic heterocycles. The van der Waals surface area contributed by atoms with Gasteiger partial charge >= 0.3 is 0 Å². The van der Waals surface area contributed by atoms with E-state index in [1.807, 2.05) is 0 Å². The van der Waals surface area contributed by atoms with Gasteiger partial charge in [0.25, 0.3) is 0 Å². The molecule has 1 aromatic carbocycles. The molecule has 150 valence electrons. The molecular formula is C24H32N2O2. The fourth-order valence-corrected chi connectivity index (χ4v) is 6.41. The monoisotopic (exact) mass is 380 g/mol. The van der Waals surface area contributed by atoms with Gasteiger partial charge in [0.15, 0.2) is 0 Å². The highest BCUT2D eigenvalue weighted by atomic mass is 16.2. The average Bonchev–Trinajstić information content (AvgIpc) is 3.02. The van der Waals surface area contributed by atoms with Crippen molar-refractivity contribution < 1.29 is 9.59 Å². The van der Waals surface area contributed by atoms with Crippen molar-refractivity contribution in [3.05, 3.63) is 34.9 Å². The minimum absolute atomic E-state index is 0.0404. The summed E-state index contributed by atoms with van der Waals surface area (Å²) < 4.78 is 0. The first-order valence-electron chi connectivity index (χ1n) is 11.0. The Kier molecular flexibility index (Phi) is 4.12. The number of nitrogens with zero attached hydrogens (tertiary/aromatic N) is 1. The van der Waals surface area contributed by atoms with Gasteiger partial charge in [-0.25, -0.2) is 0 Å². The van der Waals surface area contributed by atoms with Crippen LogP contribution in [0.15, 0.2) is 18.2 Å². The van der Waals surface area contributed by atoms with Crippen LogP contribution in [0.3, 0.4) is 0 Å². The Bertz CT molecular complexity index is 808. The first-order chi connectivity index (χ1) is 13.4. The molecule has 28 heavy (non-hydrogen) atoms. The SMILES string of the molecule is Cc1ccc(C)c(C2CC3(CCN(C(=O)C4CC5(CCC(=O)N5)C4)CC3)C2)c1. The second-order valence-corrected chi connectivity index (χ2v) is 10.2. The minimum Gasteiger partial charge on any atom is -0.351 e. The number of nitrogens with one attached hydrogen (secondary N) is 1. The van der Waals surface area contributed by atoms with Crippen LogP contribution in [0.1, 0.15) is 74.0 Å². The molecule has 2 aliphatic carbocycles. The second-order valence-electron chi connectivity index (χ2n) is 10.2. The fraction of sp³-hybridized carbons (Fsp3) is 0.667. The van der Waals surface area contributed by atoms with E-state index in [1.165, 1.54) is 24.0 Å². The molecule has 5 rings (SSSR count). The van der Waals surface area contributed by atoms with E-state index in [9.17, 15) is 9.59 Å². The maximum Gasteiger partial charge on any atom is 0.225 e. The van der Waals surface area contributed by atoms with Gasteiger partial charge in [0.2, 0.25) is 11.8 Å². The van der Waals surface area contributed by atoms with Crippen molar-refractivity contribution in [2.75, 3.05) is 13.1 Å². The number of carbonyl (C=O) groups is 2. The van der Waals surface area contributed by atoms with Crippen molar-refractivity contribution in [3.8, 4) is 0 Å². The summed E-state index contributed by atoms with van der Waals surface area (Å²) in [6, 6.07) is 6.84. The lowest BCUT2D eigenvalue weighted by Gasteiger charge is -2.54. The highest BCUT2D eigenvalue weighted by Gasteiger charge is 2.53. The van der Waals surface area contributed by atoms with Crippen molar-refractivity contribution in [2.24, 2.45) is 11.3 Å². The first-order valence-corrected chi connectivity index (χ1v) is 11.0. The number of likely N-dealkylation sites (tertiary alicyclic amines) is 1. The highest BCUT2D eigenvalue weighted by Crippen LogP contribution is 2.57. The van der Waals surface area contributed by atoms with E-state index in [4.69, 9.17) is 0 Å². The topological polar surface area (TPSA) is 49.4 Å². The quantitative estimate of drug-likeness (QED) is 0.847. The predicted octanol–water partition coefficient (Wildman–Crippen LogP) is 3.85. The van der Waals surface area contributed by atoms with Crippen LogP contribution in [-0.4, -0.2) is 35.3 Å². The van der Waals surface area contributed by atoms with Gasteiger partial charge in [-0.15, -0.1) is 0 Å². The highest BCUT2D eigenvalue weighted by molar-refractivity contribution is 5.83. The second kappa shape index (κ2) is 6.33. The number of benzene rings is 1. The van der Waals surface area contributed by atoms with Gasteiger partial charge in [-0.3, -0.25) is 9.59 Å². The number of hydrogen-bond acceptors (Lipinski definition) is 2. The van der Waals surface area contributed by atoms with Gasteiger partial charge in [0.1, 0.15) is 0 Å². The van der Waals surface area contributed by atoms with Gasteiger partial charge in [-0.1, -0.05) is 23.8 Å². The Morgan fingerprint density at radius 1 is 1.07 bits per heavy atom. The van der Waals surface area contributed by atoms with Crippen molar-refractivity contribution in [3.63, 3.8) is 0 Å². The lowest BCUT2D eigenvalue weighted by atomic mass is 9.55. The maximum atomic E-state index is 12.9. The van der Waals surface area contributed by atoms with E-state index in [0.717, 1.165) is 45.2 Å². The zero-order valence-electron chi connectivity index (χ0n) is 17.2. The third-order valence-corrected chi connectivity index (χ3v) is 8.23. The normalized spacial score (nSPS) is 28.1. The van der Waals surface area contributed by atoms with Crippen LogP contribution in [0.4, 0.5) is 0 Å². The van der Waals surface area contributed by atoms with E-state index in [-0.39, 0.29) is 17.4 Å². The number of hydrogen-bond donors (Lipinski definition) is 1. The van der Waals surface area contributed by atoms with Crippen LogP contribution in [0.25, 0.3) is 0 Å². The molecule has 4 fully saturated rings. The summed E-state index contributed by atoms with van der Waals surface area (Å²) in [5.41, 5.74) is 4.76. The van der Waals surface area contributed by atoms with Gasteiger partial charge in [0, 0.05) is 31.0 Å². The lowest BCUT2D eigenvalue weighted by Crippen LogP contribution is -2.58. The molecule has 1 aromatic rings. The van der Waals surface area contributed by atoms with Gasteiger partial charge in [-0.05, 0) is 81.3 Å². The molecular weight excluding hydrogens is 348 g/mol. The van der Waals surface area contributed by atoms with Crippen molar-refractivity contribution in [2.45, 2.75) is 76.7 Å². The molecule has 4 heteroatoms. The Labute approximate surface area is 168 Å². The molecule has 2 amide bonds. The Hall–Kier alpha value is -1.84. The number of rotatable bonds is 2. The zero-order chi connectivity index (χ0) is 19.5. The molecule has 0 atom stereocenters. The summed E-state index contributed by atoms with van der Waals surface area (Å²) in [6.45, 7) is 6.27. The summed E-state index contributed by atoms with van der Waals surface area (Å²) in [5.74, 6) is 1.34.